The summed E-state index contributed by atoms with van der Waals surface area (Å²) >= 11 is 0. The van der Waals surface area contributed by atoms with E-state index in [1.54, 1.807) is 0 Å². The van der Waals surface area contributed by atoms with Gasteiger partial charge in [-0.3, -0.25) is 0 Å². The monoisotopic (exact) mass is 423 g/mol. The zero-order valence-electron chi connectivity index (χ0n) is 18.8. The van der Waals surface area contributed by atoms with Crippen molar-refractivity contribution in [1.29, 1.82) is 0 Å². The van der Waals surface area contributed by atoms with Crippen LogP contribution in [0.1, 0.15) is 47.0 Å². The van der Waals surface area contributed by atoms with Gasteiger partial charge in [0.2, 0.25) is 0 Å². The van der Waals surface area contributed by atoms with E-state index in [0.29, 0.717) is 45.9 Å². The first-order chi connectivity index (χ1) is 13.5. The summed E-state index contributed by atoms with van der Waals surface area (Å²) in [6.07, 6.45) is 2.01. The van der Waals surface area contributed by atoms with Crippen LogP contribution in [0.5, 0.6) is 0 Å². The molecule has 0 aromatic heterocycles. The molecule has 0 aliphatic rings. The highest BCUT2D eigenvalue weighted by molar-refractivity contribution is 6.66. The third-order valence-corrected chi connectivity index (χ3v) is 7.19. The Morgan fingerprint density at radius 3 is 1.93 bits per heavy atom. The number of rotatable bonds is 20. The third-order valence-electron chi connectivity index (χ3n) is 4.25. The maximum Gasteiger partial charge on any atom is 0.335 e. The first-order valence-electron chi connectivity index (χ1n) is 10.8. The molecule has 0 heterocycles. The lowest BCUT2D eigenvalue weighted by Gasteiger charge is -2.42. The molecule has 0 aromatic carbocycles. The first kappa shape index (κ1) is 27.9. The molecule has 0 aliphatic heterocycles. The second kappa shape index (κ2) is 16.7. The van der Waals surface area contributed by atoms with Gasteiger partial charge in [-0.25, -0.2) is 0 Å². The fraction of sp³-hybridized carbons (Fsp3) is 1.00. The molecule has 0 fully saturated rings. The summed E-state index contributed by atoms with van der Waals surface area (Å²) in [4.78, 5) is 0. The Bertz CT molecular complexity index is 351. The van der Waals surface area contributed by atoms with Crippen molar-refractivity contribution < 1.29 is 23.1 Å². The van der Waals surface area contributed by atoms with E-state index in [1.165, 1.54) is 0 Å². The minimum Gasteiger partial charge on any atom is -0.395 e. The van der Waals surface area contributed by atoms with Crippen LogP contribution >= 0.6 is 0 Å². The molecule has 8 nitrogen and oxygen atoms in total. The number of hydrogen-bond acceptors (Lipinski definition) is 8. The van der Waals surface area contributed by atoms with Gasteiger partial charge < -0.3 is 39.8 Å². The van der Waals surface area contributed by atoms with E-state index >= 15 is 0 Å². The van der Waals surface area contributed by atoms with Crippen LogP contribution in [0.3, 0.4) is 0 Å². The molecule has 0 aliphatic carbocycles. The quantitative estimate of drug-likeness (QED) is 0.155. The van der Waals surface area contributed by atoms with Crippen molar-refractivity contribution in [2.45, 2.75) is 71.6 Å². The summed E-state index contributed by atoms with van der Waals surface area (Å²) in [5.41, 5.74) is 11.3. The largest absolute Gasteiger partial charge is 0.395 e. The molecule has 2 unspecified atom stereocenters. The van der Waals surface area contributed by atoms with Crippen LogP contribution in [0.15, 0.2) is 0 Å². The molecule has 0 amide bonds. The zero-order valence-corrected chi connectivity index (χ0v) is 19.8. The Morgan fingerprint density at radius 2 is 1.46 bits per heavy atom. The van der Waals surface area contributed by atoms with Crippen LogP contribution in [0.25, 0.3) is 0 Å². The maximum atomic E-state index is 6.64. The lowest BCUT2D eigenvalue weighted by atomic mass is 10.1. The van der Waals surface area contributed by atoms with E-state index in [1.807, 2.05) is 27.7 Å². The predicted octanol–water partition coefficient (Wildman–Crippen LogP) is 1.92. The third kappa shape index (κ3) is 10.6. The van der Waals surface area contributed by atoms with Crippen molar-refractivity contribution in [2.24, 2.45) is 11.5 Å². The van der Waals surface area contributed by atoms with Crippen LogP contribution in [0.4, 0.5) is 0 Å². The summed E-state index contributed by atoms with van der Waals surface area (Å²) in [7, 11) is -2.47. The topological polar surface area (TPSA) is 110 Å². The van der Waals surface area contributed by atoms with Gasteiger partial charge >= 0.3 is 14.5 Å². The molecule has 2 atom stereocenters. The molecule has 0 saturated heterocycles. The summed E-state index contributed by atoms with van der Waals surface area (Å²) in [5.74, 6) is -1.24. The molecule has 28 heavy (non-hydrogen) atoms. The van der Waals surface area contributed by atoms with Crippen LogP contribution in [-0.2, 0) is 23.1 Å². The van der Waals surface area contributed by atoms with Gasteiger partial charge in [0.05, 0.1) is 0 Å². The summed E-state index contributed by atoms with van der Waals surface area (Å²) < 4.78 is 30.7. The Morgan fingerprint density at radius 1 is 0.857 bits per heavy atom. The van der Waals surface area contributed by atoms with E-state index in [9.17, 15) is 0 Å². The van der Waals surface area contributed by atoms with Gasteiger partial charge in [-0.1, -0.05) is 0 Å². The zero-order chi connectivity index (χ0) is 21.3. The van der Waals surface area contributed by atoms with Gasteiger partial charge in [0, 0.05) is 39.5 Å². The van der Waals surface area contributed by atoms with Crippen LogP contribution in [0.2, 0.25) is 12.6 Å². The summed E-state index contributed by atoms with van der Waals surface area (Å²) in [5, 5.41) is 3.32. The van der Waals surface area contributed by atoms with Gasteiger partial charge in [-0.05, 0) is 72.6 Å². The molecule has 170 valence electrons. The van der Waals surface area contributed by atoms with E-state index in [2.05, 4.69) is 11.9 Å². The van der Waals surface area contributed by atoms with Crippen molar-refractivity contribution in [3.05, 3.63) is 0 Å². The SMILES string of the molecule is CCOC(OCC)(OCC)C(CCCN)O[Si](C)(CCCNCCN)OCC. The predicted molar refractivity (Wildman–Crippen MR) is 115 cm³/mol. The Hall–Kier alpha value is -0.103. The van der Waals surface area contributed by atoms with Gasteiger partial charge in [-0.2, -0.15) is 0 Å². The molecule has 0 spiro atoms. The number of hydrogen-bond donors (Lipinski definition) is 3. The fourth-order valence-corrected chi connectivity index (χ4v) is 5.78. The van der Waals surface area contributed by atoms with E-state index in [-0.39, 0.29) is 0 Å². The van der Waals surface area contributed by atoms with E-state index < -0.39 is 20.6 Å². The second-order valence-corrected chi connectivity index (χ2v) is 9.94. The van der Waals surface area contributed by atoms with Crippen LogP contribution in [-0.4, -0.2) is 73.2 Å². The Labute approximate surface area is 173 Å². The molecule has 0 rings (SSSR count). The molecular weight excluding hydrogens is 378 g/mol. The van der Waals surface area contributed by atoms with Gasteiger partial charge in [0.25, 0.3) is 0 Å². The van der Waals surface area contributed by atoms with Crippen molar-refractivity contribution in [2.75, 3.05) is 52.6 Å². The number of ether oxygens (including phenoxy) is 3. The van der Waals surface area contributed by atoms with Crippen molar-refractivity contribution in [1.82, 2.24) is 5.32 Å². The molecule has 9 heteroatoms. The summed E-state index contributed by atoms with van der Waals surface area (Å²) in [6.45, 7) is 14.8. The molecule has 0 bridgehead atoms. The minimum atomic E-state index is -2.47. The average molecular weight is 424 g/mol. The van der Waals surface area contributed by atoms with E-state index in [0.717, 1.165) is 32.0 Å². The van der Waals surface area contributed by atoms with Crippen LogP contribution < -0.4 is 16.8 Å². The van der Waals surface area contributed by atoms with Crippen molar-refractivity contribution in [3.8, 4) is 0 Å². The highest BCUT2D eigenvalue weighted by atomic mass is 28.4. The standard InChI is InChI=1S/C19H45N3O5Si/c1-6-23-19(24-7-2,25-8-3)18(12-10-13-20)27-28(5,26-9-4)17-11-15-22-16-14-21/h18,22H,6-17,20-21H2,1-5H3. The Balaban J connectivity index is 5.40. The molecule has 0 saturated carbocycles. The highest BCUT2D eigenvalue weighted by Crippen LogP contribution is 2.31. The Kier molecular flexibility index (Phi) is 16.6. The number of nitrogens with one attached hydrogen (secondary N) is 1. The second-order valence-electron chi connectivity index (χ2n) is 6.65. The molecule has 0 radical (unpaired) electrons. The molecular formula is C19H45N3O5Si. The van der Waals surface area contributed by atoms with Crippen LogP contribution in [0, 0.1) is 0 Å². The van der Waals surface area contributed by atoms with Gasteiger partial charge in [0.15, 0.2) is 0 Å². The normalized spacial score (nSPS) is 15.5. The van der Waals surface area contributed by atoms with Gasteiger partial charge in [-0.15, -0.1) is 0 Å². The lowest BCUT2D eigenvalue weighted by Crippen LogP contribution is -2.56. The molecule has 0 aromatic rings. The summed E-state index contributed by atoms with van der Waals surface area (Å²) in [6, 6.07) is 0.859. The highest BCUT2D eigenvalue weighted by Gasteiger charge is 2.47. The average Bonchev–Trinajstić information content (AvgIpc) is 2.66. The van der Waals surface area contributed by atoms with E-state index in [4.69, 9.17) is 34.5 Å². The smallest absolute Gasteiger partial charge is 0.335 e. The minimum absolute atomic E-state index is 0.406. The van der Waals surface area contributed by atoms with Crippen molar-refractivity contribution >= 4 is 8.56 Å². The number of nitrogens with two attached hydrogens (primary N) is 2. The van der Waals surface area contributed by atoms with Gasteiger partial charge in [0.1, 0.15) is 6.10 Å². The molecule has 5 N–H and O–H groups in total. The first-order valence-corrected chi connectivity index (χ1v) is 13.3. The fourth-order valence-electron chi connectivity index (χ4n) is 3.15. The lowest BCUT2D eigenvalue weighted by molar-refractivity contribution is -0.409. The maximum absolute atomic E-state index is 6.64. The van der Waals surface area contributed by atoms with Crippen molar-refractivity contribution in [3.63, 3.8) is 0 Å².